The van der Waals surface area contributed by atoms with Crippen LogP contribution in [0.2, 0.25) is 0 Å². The van der Waals surface area contributed by atoms with E-state index < -0.39 is 24.6 Å². The van der Waals surface area contributed by atoms with E-state index in [1.807, 2.05) is 0 Å². The zero-order valence-corrected chi connectivity index (χ0v) is 8.83. The largest absolute Gasteiger partial charge is 0.478 e. The fourth-order valence-electron chi connectivity index (χ4n) is 1.42. The summed E-state index contributed by atoms with van der Waals surface area (Å²) in [4.78, 5) is 21.6. The van der Waals surface area contributed by atoms with Gasteiger partial charge in [-0.25, -0.2) is 9.59 Å². The first-order valence-electron chi connectivity index (χ1n) is 4.84. The fourth-order valence-corrected chi connectivity index (χ4v) is 1.42. The highest BCUT2D eigenvalue weighted by Crippen LogP contribution is 2.15. The summed E-state index contributed by atoms with van der Waals surface area (Å²) < 4.78 is 0. The first-order chi connectivity index (χ1) is 7.95. The van der Waals surface area contributed by atoms with Crippen molar-refractivity contribution in [3.8, 4) is 0 Å². The standard InChI is InChI=1S/C11H12O6/c12-5-8(13)4-7-3-6(10(14)15)1-2-9(7)11(16)17/h1-3,8,12-13H,4-5H2,(H,14,15)(H,16,17). The van der Waals surface area contributed by atoms with Crippen LogP contribution in [0.5, 0.6) is 0 Å². The van der Waals surface area contributed by atoms with Crippen LogP contribution in [-0.4, -0.2) is 45.1 Å². The minimum atomic E-state index is -1.21. The van der Waals surface area contributed by atoms with Crippen LogP contribution in [-0.2, 0) is 6.42 Å². The number of rotatable bonds is 5. The number of hydrogen-bond donors (Lipinski definition) is 4. The molecule has 0 saturated carbocycles. The number of aliphatic hydroxyl groups is 2. The fraction of sp³-hybridized carbons (Fsp3) is 0.273. The van der Waals surface area contributed by atoms with Crippen molar-refractivity contribution < 1.29 is 30.0 Å². The highest BCUT2D eigenvalue weighted by atomic mass is 16.4. The first kappa shape index (κ1) is 13.1. The number of aromatic carboxylic acids is 2. The topological polar surface area (TPSA) is 115 Å². The number of benzene rings is 1. The highest BCUT2D eigenvalue weighted by molar-refractivity contribution is 5.93. The lowest BCUT2D eigenvalue weighted by Gasteiger charge is -2.10. The second kappa shape index (κ2) is 5.42. The minimum absolute atomic E-state index is 0.0601. The monoisotopic (exact) mass is 240 g/mol. The molecule has 1 aromatic rings. The maximum atomic E-state index is 10.9. The van der Waals surface area contributed by atoms with Gasteiger partial charge in [-0.1, -0.05) is 0 Å². The summed E-state index contributed by atoms with van der Waals surface area (Å²) in [6, 6.07) is 3.54. The lowest BCUT2D eigenvalue weighted by Crippen LogP contribution is -2.18. The third kappa shape index (κ3) is 3.27. The van der Waals surface area contributed by atoms with Crippen LogP contribution >= 0.6 is 0 Å². The molecule has 1 unspecified atom stereocenters. The minimum Gasteiger partial charge on any atom is -0.478 e. The quantitative estimate of drug-likeness (QED) is 0.575. The van der Waals surface area contributed by atoms with Gasteiger partial charge in [-0.2, -0.15) is 0 Å². The average Bonchev–Trinajstić information content (AvgIpc) is 2.28. The van der Waals surface area contributed by atoms with Gasteiger partial charge in [0, 0.05) is 6.42 Å². The summed E-state index contributed by atoms with van der Waals surface area (Å²) in [5, 5.41) is 35.6. The maximum absolute atomic E-state index is 10.9. The molecule has 1 aromatic carbocycles. The van der Waals surface area contributed by atoms with Crippen molar-refractivity contribution in [1.82, 2.24) is 0 Å². The van der Waals surface area contributed by atoms with Gasteiger partial charge in [0.15, 0.2) is 0 Å². The van der Waals surface area contributed by atoms with Gasteiger partial charge in [0.25, 0.3) is 0 Å². The van der Waals surface area contributed by atoms with Crippen LogP contribution in [0, 0.1) is 0 Å². The van der Waals surface area contributed by atoms with E-state index in [0.29, 0.717) is 0 Å². The smallest absolute Gasteiger partial charge is 0.335 e. The molecule has 1 rings (SSSR count). The van der Waals surface area contributed by atoms with E-state index in [1.165, 1.54) is 18.2 Å². The Labute approximate surface area is 96.8 Å². The van der Waals surface area contributed by atoms with E-state index >= 15 is 0 Å². The molecular weight excluding hydrogens is 228 g/mol. The van der Waals surface area contributed by atoms with Gasteiger partial charge in [-0.3, -0.25) is 0 Å². The first-order valence-corrected chi connectivity index (χ1v) is 4.84. The Morgan fingerprint density at radius 1 is 1.18 bits per heavy atom. The van der Waals surface area contributed by atoms with E-state index in [-0.39, 0.29) is 23.1 Å². The van der Waals surface area contributed by atoms with Crippen molar-refractivity contribution in [1.29, 1.82) is 0 Å². The maximum Gasteiger partial charge on any atom is 0.335 e. The zero-order chi connectivity index (χ0) is 13.0. The number of hydrogen-bond acceptors (Lipinski definition) is 4. The van der Waals surface area contributed by atoms with E-state index in [0.717, 1.165) is 0 Å². The molecule has 0 bridgehead atoms. The Morgan fingerprint density at radius 2 is 1.82 bits per heavy atom. The second-order valence-corrected chi connectivity index (χ2v) is 3.52. The normalized spacial score (nSPS) is 12.1. The van der Waals surface area contributed by atoms with Crippen LogP contribution in [0.1, 0.15) is 26.3 Å². The Morgan fingerprint density at radius 3 is 2.29 bits per heavy atom. The molecule has 4 N–H and O–H groups in total. The van der Waals surface area contributed by atoms with Crippen LogP contribution < -0.4 is 0 Å². The van der Waals surface area contributed by atoms with Crippen LogP contribution in [0.4, 0.5) is 0 Å². The Kier molecular flexibility index (Phi) is 4.19. The zero-order valence-electron chi connectivity index (χ0n) is 8.83. The van der Waals surface area contributed by atoms with Crippen molar-refractivity contribution in [3.63, 3.8) is 0 Å². The Balaban J connectivity index is 3.15. The number of aliphatic hydroxyl groups excluding tert-OH is 2. The summed E-state index contributed by atoms with van der Waals surface area (Å²) >= 11 is 0. The summed E-state index contributed by atoms with van der Waals surface area (Å²) in [7, 11) is 0. The molecule has 0 radical (unpaired) electrons. The predicted molar refractivity (Wildman–Crippen MR) is 57.2 cm³/mol. The van der Waals surface area contributed by atoms with Gasteiger partial charge >= 0.3 is 11.9 Å². The van der Waals surface area contributed by atoms with Crippen molar-refractivity contribution in [2.45, 2.75) is 12.5 Å². The van der Waals surface area contributed by atoms with Crippen LogP contribution in [0.25, 0.3) is 0 Å². The molecule has 0 aromatic heterocycles. The molecule has 6 nitrogen and oxygen atoms in total. The van der Waals surface area contributed by atoms with Gasteiger partial charge in [0.2, 0.25) is 0 Å². The molecule has 0 saturated heterocycles. The summed E-state index contributed by atoms with van der Waals surface area (Å²) in [5.41, 5.74) is 0.0385. The third-order valence-corrected chi connectivity index (χ3v) is 2.25. The van der Waals surface area contributed by atoms with Gasteiger partial charge in [0.1, 0.15) is 0 Å². The van der Waals surface area contributed by atoms with Crippen molar-refractivity contribution in [3.05, 3.63) is 34.9 Å². The van der Waals surface area contributed by atoms with Crippen molar-refractivity contribution >= 4 is 11.9 Å². The summed E-state index contributed by atoms with van der Waals surface area (Å²) in [6.07, 6.45) is -1.23. The van der Waals surface area contributed by atoms with E-state index in [1.54, 1.807) is 0 Å². The number of carboxylic acid groups (broad SMARTS) is 2. The van der Waals surface area contributed by atoms with Crippen molar-refractivity contribution in [2.24, 2.45) is 0 Å². The molecule has 0 aliphatic carbocycles. The number of carboxylic acids is 2. The summed E-state index contributed by atoms with van der Waals surface area (Å²) in [5.74, 6) is -2.39. The SMILES string of the molecule is O=C(O)c1ccc(C(=O)O)c(CC(O)CO)c1. The third-order valence-electron chi connectivity index (χ3n) is 2.25. The van der Waals surface area contributed by atoms with Gasteiger partial charge in [-0.05, 0) is 23.8 Å². The van der Waals surface area contributed by atoms with E-state index in [2.05, 4.69) is 0 Å². The molecule has 17 heavy (non-hydrogen) atoms. The van der Waals surface area contributed by atoms with Crippen LogP contribution in [0.15, 0.2) is 18.2 Å². The van der Waals surface area contributed by atoms with E-state index in [4.69, 9.17) is 15.3 Å². The molecule has 0 heterocycles. The lowest BCUT2D eigenvalue weighted by molar-refractivity contribution is 0.0676. The molecule has 6 heteroatoms. The average molecular weight is 240 g/mol. The molecule has 0 fully saturated rings. The Bertz CT molecular complexity index is 440. The van der Waals surface area contributed by atoms with Crippen LogP contribution in [0.3, 0.4) is 0 Å². The van der Waals surface area contributed by atoms with Gasteiger partial charge < -0.3 is 20.4 Å². The molecular formula is C11H12O6. The lowest BCUT2D eigenvalue weighted by atomic mass is 9.99. The van der Waals surface area contributed by atoms with Gasteiger partial charge in [-0.15, -0.1) is 0 Å². The molecule has 1 atom stereocenters. The molecule has 0 aliphatic rings. The molecule has 0 aliphatic heterocycles. The highest BCUT2D eigenvalue weighted by Gasteiger charge is 2.15. The van der Waals surface area contributed by atoms with E-state index in [9.17, 15) is 14.7 Å². The number of carbonyl (C=O) groups is 2. The molecule has 0 spiro atoms. The molecule has 0 amide bonds. The summed E-state index contributed by atoms with van der Waals surface area (Å²) in [6.45, 7) is -0.518. The van der Waals surface area contributed by atoms with Gasteiger partial charge in [0.05, 0.1) is 23.8 Å². The Hall–Kier alpha value is -1.92. The second-order valence-electron chi connectivity index (χ2n) is 3.52. The van der Waals surface area contributed by atoms with Crippen molar-refractivity contribution in [2.75, 3.05) is 6.61 Å². The predicted octanol–water partition coefficient (Wildman–Crippen LogP) is -0.0213. The molecule has 92 valence electrons.